The molecule has 0 unspecified atom stereocenters. The number of carbonyl (C=O) groups excluding carboxylic acids is 2. The van der Waals surface area contributed by atoms with Crippen molar-refractivity contribution in [2.75, 3.05) is 18.4 Å². The summed E-state index contributed by atoms with van der Waals surface area (Å²) in [5.41, 5.74) is 6.26. The SMILES string of the molecule is CCN(CC(=O)Nc1ccc(C(N)=O)cc1)Cc1cccs1. The fourth-order valence-corrected chi connectivity index (χ4v) is 2.77. The smallest absolute Gasteiger partial charge is 0.248 e. The highest BCUT2D eigenvalue weighted by atomic mass is 32.1. The van der Waals surface area contributed by atoms with Gasteiger partial charge >= 0.3 is 0 Å². The first-order valence-electron chi connectivity index (χ1n) is 7.03. The molecule has 0 atom stereocenters. The van der Waals surface area contributed by atoms with E-state index in [1.807, 2.05) is 18.4 Å². The van der Waals surface area contributed by atoms with Crippen LogP contribution in [-0.2, 0) is 11.3 Å². The number of anilines is 1. The van der Waals surface area contributed by atoms with Crippen LogP contribution in [0.25, 0.3) is 0 Å². The monoisotopic (exact) mass is 317 g/mol. The number of hydrogen-bond donors (Lipinski definition) is 2. The van der Waals surface area contributed by atoms with E-state index in [1.54, 1.807) is 35.6 Å². The standard InChI is InChI=1S/C16H19N3O2S/c1-2-19(10-14-4-3-9-22-14)11-15(20)18-13-7-5-12(6-8-13)16(17)21/h3-9H,2,10-11H2,1H3,(H2,17,21)(H,18,20). The van der Waals surface area contributed by atoms with Crippen LogP contribution in [-0.4, -0.2) is 29.8 Å². The number of primary amides is 1. The van der Waals surface area contributed by atoms with E-state index in [0.717, 1.165) is 13.1 Å². The molecule has 2 amide bonds. The Labute approximate surface area is 133 Å². The van der Waals surface area contributed by atoms with Crippen LogP contribution >= 0.6 is 11.3 Å². The largest absolute Gasteiger partial charge is 0.366 e. The summed E-state index contributed by atoms with van der Waals surface area (Å²) >= 11 is 1.68. The lowest BCUT2D eigenvalue weighted by atomic mass is 10.2. The lowest BCUT2D eigenvalue weighted by Gasteiger charge is -2.19. The van der Waals surface area contributed by atoms with Crippen molar-refractivity contribution in [1.82, 2.24) is 4.90 Å². The summed E-state index contributed by atoms with van der Waals surface area (Å²) in [5, 5.41) is 4.85. The van der Waals surface area contributed by atoms with Crippen molar-refractivity contribution in [3.8, 4) is 0 Å². The highest BCUT2D eigenvalue weighted by Gasteiger charge is 2.10. The normalized spacial score (nSPS) is 10.6. The van der Waals surface area contributed by atoms with Crippen LogP contribution < -0.4 is 11.1 Å². The van der Waals surface area contributed by atoms with Gasteiger partial charge < -0.3 is 11.1 Å². The predicted octanol–water partition coefficient (Wildman–Crippen LogP) is 2.31. The molecule has 0 aliphatic carbocycles. The van der Waals surface area contributed by atoms with Crippen LogP contribution in [0.1, 0.15) is 22.2 Å². The number of nitrogens with zero attached hydrogens (tertiary/aromatic N) is 1. The topological polar surface area (TPSA) is 75.4 Å². The molecule has 0 bridgehead atoms. The van der Waals surface area contributed by atoms with Crippen LogP contribution in [0.2, 0.25) is 0 Å². The fourth-order valence-electron chi connectivity index (χ4n) is 2.02. The molecule has 0 aliphatic rings. The molecule has 2 aromatic rings. The Kier molecular flexibility index (Phi) is 5.68. The third kappa shape index (κ3) is 4.68. The summed E-state index contributed by atoms with van der Waals surface area (Å²) in [5.74, 6) is -0.559. The first-order valence-corrected chi connectivity index (χ1v) is 7.91. The van der Waals surface area contributed by atoms with Crippen molar-refractivity contribution in [2.24, 2.45) is 5.73 Å². The van der Waals surface area contributed by atoms with Crippen LogP contribution in [0.15, 0.2) is 41.8 Å². The third-order valence-electron chi connectivity index (χ3n) is 3.23. The lowest BCUT2D eigenvalue weighted by Crippen LogP contribution is -2.32. The second kappa shape index (κ2) is 7.72. The van der Waals surface area contributed by atoms with Gasteiger partial charge in [0.15, 0.2) is 0 Å². The Balaban J connectivity index is 1.89. The summed E-state index contributed by atoms with van der Waals surface area (Å²) < 4.78 is 0. The molecule has 22 heavy (non-hydrogen) atoms. The zero-order valence-electron chi connectivity index (χ0n) is 12.4. The average Bonchev–Trinajstić information content (AvgIpc) is 3.00. The van der Waals surface area contributed by atoms with Crippen LogP contribution in [0.4, 0.5) is 5.69 Å². The number of carbonyl (C=O) groups is 2. The van der Waals surface area contributed by atoms with E-state index in [4.69, 9.17) is 5.73 Å². The van der Waals surface area contributed by atoms with Gasteiger partial charge in [-0.15, -0.1) is 11.3 Å². The molecule has 2 rings (SSSR count). The number of nitrogens with one attached hydrogen (secondary N) is 1. The molecule has 1 aromatic carbocycles. The van der Waals surface area contributed by atoms with Crippen LogP contribution in [0.5, 0.6) is 0 Å². The van der Waals surface area contributed by atoms with Gasteiger partial charge in [-0.1, -0.05) is 13.0 Å². The van der Waals surface area contributed by atoms with Crippen molar-refractivity contribution in [3.05, 3.63) is 52.2 Å². The second-order valence-corrected chi connectivity index (χ2v) is 5.90. The number of hydrogen-bond acceptors (Lipinski definition) is 4. The molecule has 1 aromatic heterocycles. The molecule has 0 radical (unpaired) electrons. The Hall–Kier alpha value is -2.18. The molecular weight excluding hydrogens is 298 g/mol. The van der Waals surface area contributed by atoms with Crippen molar-refractivity contribution in [3.63, 3.8) is 0 Å². The maximum absolute atomic E-state index is 12.1. The highest BCUT2D eigenvalue weighted by Crippen LogP contribution is 2.12. The number of nitrogens with two attached hydrogens (primary N) is 1. The van der Waals surface area contributed by atoms with Gasteiger partial charge in [0.1, 0.15) is 0 Å². The van der Waals surface area contributed by atoms with Gasteiger partial charge in [0.05, 0.1) is 6.54 Å². The molecular formula is C16H19N3O2S. The fraction of sp³-hybridized carbons (Fsp3) is 0.250. The molecule has 0 saturated heterocycles. The van der Waals surface area contributed by atoms with Crippen molar-refractivity contribution >= 4 is 28.8 Å². The van der Waals surface area contributed by atoms with Crippen LogP contribution in [0.3, 0.4) is 0 Å². The Morgan fingerprint density at radius 2 is 1.95 bits per heavy atom. The minimum atomic E-state index is -0.481. The highest BCUT2D eigenvalue weighted by molar-refractivity contribution is 7.09. The second-order valence-electron chi connectivity index (χ2n) is 4.87. The molecule has 1 heterocycles. The predicted molar refractivity (Wildman–Crippen MR) is 88.9 cm³/mol. The summed E-state index contributed by atoms with van der Waals surface area (Å²) in [6, 6.07) is 10.6. The summed E-state index contributed by atoms with van der Waals surface area (Å²) in [7, 11) is 0. The number of benzene rings is 1. The van der Waals surface area contributed by atoms with Crippen LogP contribution in [0, 0.1) is 0 Å². The molecule has 3 N–H and O–H groups in total. The van der Waals surface area contributed by atoms with E-state index in [0.29, 0.717) is 17.8 Å². The molecule has 5 nitrogen and oxygen atoms in total. The molecule has 0 spiro atoms. The van der Waals surface area contributed by atoms with E-state index in [9.17, 15) is 9.59 Å². The molecule has 6 heteroatoms. The van der Waals surface area contributed by atoms with Crippen molar-refractivity contribution in [2.45, 2.75) is 13.5 Å². The summed E-state index contributed by atoms with van der Waals surface area (Å²) in [4.78, 5) is 26.4. The average molecular weight is 317 g/mol. The molecule has 0 fully saturated rings. The van der Waals surface area contributed by atoms with E-state index < -0.39 is 5.91 Å². The number of thiophene rings is 1. The van der Waals surface area contributed by atoms with Gasteiger partial charge in [0.2, 0.25) is 11.8 Å². The molecule has 116 valence electrons. The summed E-state index contributed by atoms with van der Waals surface area (Å²) in [6.07, 6.45) is 0. The maximum atomic E-state index is 12.1. The van der Waals surface area contributed by atoms with E-state index in [1.165, 1.54) is 4.88 Å². The number of amides is 2. The first-order chi connectivity index (χ1) is 10.6. The van der Waals surface area contributed by atoms with Crippen molar-refractivity contribution in [1.29, 1.82) is 0 Å². The molecule has 0 aliphatic heterocycles. The maximum Gasteiger partial charge on any atom is 0.248 e. The first kappa shape index (κ1) is 16.2. The van der Waals surface area contributed by atoms with E-state index in [-0.39, 0.29) is 5.91 Å². The zero-order valence-corrected chi connectivity index (χ0v) is 13.2. The van der Waals surface area contributed by atoms with Gasteiger partial charge in [0.25, 0.3) is 0 Å². The summed E-state index contributed by atoms with van der Waals surface area (Å²) in [6.45, 7) is 3.92. The number of rotatable bonds is 7. The quantitative estimate of drug-likeness (QED) is 0.823. The Morgan fingerprint density at radius 3 is 2.50 bits per heavy atom. The zero-order chi connectivity index (χ0) is 15.9. The van der Waals surface area contributed by atoms with Gasteiger partial charge in [-0.25, -0.2) is 0 Å². The van der Waals surface area contributed by atoms with Gasteiger partial charge in [0, 0.05) is 22.7 Å². The van der Waals surface area contributed by atoms with E-state index in [2.05, 4.69) is 16.3 Å². The Bertz CT molecular complexity index is 623. The van der Waals surface area contributed by atoms with Crippen molar-refractivity contribution < 1.29 is 9.59 Å². The van der Waals surface area contributed by atoms with Gasteiger partial charge in [-0.05, 0) is 42.3 Å². The Morgan fingerprint density at radius 1 is 1.23 bits per heavy atom. The number of likely N-dealkylation sites (N-methyl/N-ethyl adjacent to an activating group) is 1. The third-order valence-corrected chi connectivity index (χ3v) is 4.09. The minimum absolute atomic E-state index is 0.0785. The van der Waals surface area contributed by atoms with Gasteiger partial charge in [-0.2, -0.15) is 0 Å². The lowest BCUT2D eigenvalue weighted by molar-refractivity contribution is -0.117. The molecule has 0 saturated carbocycles. The van der Waals surface area contributed by atoms with E-state index >= 15 is 0 Å². The van der Waals surface area contributed by atoms with Gasteiger partial charge in [-0.3, -0.25) is 14.5 Å². The minimum Gasteiger partial charge on any atom is -0.366 e.